The van der Waals surface area contributed by atoms with Crippen LogP contribution in [-0.4, -0.2) is 12.6 Å². The lowest BCUT2D eigenvalue weighted by Gasteiger charge is -2.11. The molecule has 3 aromatic rings. The highest BCUT2D eigenvalue weighted by Gasteiger charge is 2.10. The second-order valence-electron chi connectivity index (χ2n) is 6.22. The molecule has 0 N–H and O–H groups in total. The van der Waals surface area contributed by atoms with E-state index >= 15 is 0 Å². The Labute approximate surface area is 164 Å². The zero-order chi connectivity index (χ0) is 18.9. The number of thiophene rings is 1. The summed E-state index contributed by atoms with van der Waals surface area (Å²) in [5.41, 5.74) is 2.38. The first kappa shape index (κ1) is 19.2. The summed E-state index contributed by atoms with van der Waals surface area (Å²) in [6.07, 6.45) is 2.89. The first-order chi connectivity index (χ1) is 13.3. The largest absolute Gasteiger partial charge is 0.489 e. The van der Waals surface area contributed by atoms with Crippen molar-refractivity contribution in [1.82, 2.24) is 0 Å². The quantitative estimate of drug-likeness (QED) is 0.448. The molecule has 3 nitrogen and oxygen atoms in total. The lowest BCUT2D eigenvalue weighted by atomic mass is 10.1. The Hall–Kier alpha value is -2.59. The van der Waals surface area contributed by atoms with Crippen LogP contribution >= 0.6 is 11.3 Å². The van der Waals surface area contributed by atoms with Crippen molar-refractivity contribution >= 4 is 17.3 Å². The third kappa shape index (κ3) is 5.69. The number of benzene rings is 2. The van der Waals surface area contributed by atoms with Crippen LogP contribution < -0.4 is 4.74 Å². The van der Waals surface area contributed by atoms with Crippen molar-refractivity contribution in [3.63, 3.8) is 0 Å². The van der Waals surface area contributed by atoms with Gasteiger partial charge in [-0.2, -0.15) is 0 Å². The molecule has 1 aromatic heterocycles. The molecule has 140 valence electrons. The van der Waals surface area contributed by atoms with Gasteiger partial charge in [-0.05, 0) is 55.5 Å². The van der Waals surface area contributed by atoms with Crippen LogP contribution in [0.1, 0.15) is 39.0 Å². The Morgan fingerprint density at radius 1 is 0.926 bits per heavy atom. The molecule has 0 aliphatic heterocycles. The minimum Gasteiger partial charge on any atom is -0.489 e. The highest BCUT2D eigenvalue weighted by molar-refractivity contribution is 7.13. The van der Waals surface area contributed by atoms with Crippen molar-refractivity contribution in [1.29, 1.82) is 0 Å². The van der Waals surface area contributed by atoms with E-state index in [-0.39, 0.29) is 5.97 Å². The molecule has 0 unspecified atom stereocenters. The molecule has 0 amide bonds. The van der Waals surface area contributed by atoms with Crippen LogP contribution in [0, 0.1) is 0 Å². The van der Waals surface area contributed by atoms with Crippen LogP contribution in [-0.2, 0) is 24.2 Å². The molecule has 3 rings (SSSR count). The van der Waals surface area contributed by atoms with E-state index in [9.17, 15) is 4.79 Å². The summed E-state index contributed by atoms with van der Waals surface area (Å²) in [4.78, 5) is 13.6. The minimum absolute atomic E-state index is 0.228. The molecule has 0 saturated carbocycles. The van der Waals surface area contributed by atoms with E-state index in [1.165, 1.54) is 21.8 Å². The lowest BCUT2D eigenvalue weighted by molar-refractivity contribution is 0.0532. The standard InChI is InChI=1S/C23H24O3S/c1-2-25-23(24)22-16-15-20(27-22)13-8-12-19-11-6-7-14-21(19)26-17-18-9-4-3-5-10-18/h3-7,9-11,14-16H,2,8,12-13,17H2,1H3. The van der Waals surface area contributed by atoms with Gasteiger partial charge in [0.15, 0.2) is 0 Å². The lowest BCUT2D eigenvalue weighted by Crippen LogP contribution is -2.01. The van der Waals surface area contributed by atoms with E-state index in [1.807, 2.05) is 49.4 Å². The van der Waals surface area contributed by atoms with Gasteiger partial charge >= 0.3 is 5.97 Å². The fourth-order valence-corrected chi connectivity index (χ4v) is 3.81. The van der Waals surface area contributed by atoms with E-state index in [1.54, 1.807) is 0 Å². The van der Waals surface area contributed by atoms with E-state index in [2.05, 4.69) is 24.3 Å². The van der Waals surface area contributed by atoms with Gasteiger partial charge in [-0.25, -0.2) is 4.79 Å². The van der Waals surface area contributed by atoms with Gasteiger partial charge in [0.05, 0.1) is 6.61 Å². The molecule has 0 saturated heterocycles. The second-order valence-corrected chi connectivity index (χ2v) is 7.39. The summed E-state index contributed by atoms with van der Waals surface area (Å²) in [5, 5.41) is 0. The second kappa shape index (κ2) is 9.93. The Morgan fingerprint density at radius 2 is 1.70 bits per heavy atom. The molecule has 0 aliphatic rings. The maximum absolute atomic E-state index is 11.8. The summed E-state index contributed by atoms with van der Waals surface area (Å²) in [6.45, 7) is 2.81. The SMILES string of the molecule is CCOC(=O)c1ccc(CCCc2ccccc2OCc2ccccc2)s1. The van der Waals surface area contributed by atoms with Gasteiger partial charge in [-0.3, -0.25) is 0 Å². The number of carbonyl (C=O) groups is 1. The number of aryl methyl sites for hydroxylation is 2. The maximum Gasteiger partial charge on any atom is 0.348 e. The molecule has 4 heteroatoms. The predicted molar refractivity (Wildman–Crippen MR) is 110 cm³/mol. The molecule has 2 aromatic carbocycles. The summed E-state index contributed by atoms with van der Waals surface area (Å²) in [5.74, 6) is 0.716. The topological polar surface area (TPSA) is 35.5 Å². The fourth-order valence-electron chi connectivity index (χ4n) is 2.86. The minimum atomic E-state index is -0.228. The third-order valence-electron chi connectivity index (χ3n) is 4.22. The average Bonchev–Trinajstić information content (AvgIpc) is 3.17. The number of ether oxygens (including phenoxy) is 2. The number of hydrogen-bond acceptors (Lipinski definition) is 4. The average molecular weight is 381 g/mol. The summed E-state index contributed by atoms with van der Waals surface area (Å²) in [7, 11) is 0. The highest BCUT2D eigenvalue weighted by Crippen LogP contribution is 2.23. The van der Waals surface area contributed by atoms with Gasteiger partial charge in [0.1, 0.15) is 17.2 Å². The van der Waals surface area contributed by atoms with Gasteiger partial charge in [0.2, 0.25) is 0 Å². The first-order valence-corrected chi connectivity index (χ1v) is 10.1. The van der Waals surface area contributed by atoms with Crippen molar-refractivity contribution < 1.29 is 14.3 Å². The Balaban J connectivity index is 1.53. The normalized spacial score (nSPS) is 10.6. The molecule has 0 fully saturated rings. The van der Waals surface area contributed by atoms with Crippen LogP contribution in [0.5, 0.6) is 5.75 Å². The molecule has 0 spiro atoms. The summed E-state index contributed by atoms with van der Waals surface area (Å²) < 4.78 is 11.1. The third-order valence-corrected chi connectivity index (χ3v) is 5.34. The Bertz CT molecular complexity index is 855. The van der Waals surface area contributed by atoms with E-state index < -0.39 is 0 Å². The Morgan fingerprint density at radius 3 is 2.52 bits per heavy atom. The molecule has 0 atom stereocenters. The summed E-state index contributed by atoms with van der Waals surface area (Å²) >= 11 is 1.52. The molecular formula is C23H24O3S. The zero-order valence-electron chi connectivity index (χ0n) is 15.5. The van der Waals surface area contributed by atoms with Crippen molar-refractivity contribution in [2.24, 2.45) is 0 Å². The highest BCUT2D eigenvalue weighted by atomic mass is 32.1. The number of rotatable bonds is 9. The van der Waals surface area contributed by atoms with Gasteiger partial charge < -0.3 is 9.47 Å². The number of esters is 1. The summed E-state index contributed by atoms with van der Waals surface area (Å²) in [6, 6.07) is 22.3. The molecule has 0 radical (unpaired) electrons. The molecule has 1 heterocycles. The van der Waals surface area contributed by atoms with Crippen LogP contribution in [0.15, 0.2) is 66.7 Å². The van der Waals surface area contributed by atoms with Gasteiger partial charge in [0, 0.05) is 4.88 Å². The van der Waals surface area contributed by atoms with Crippen LogP contribution in [0.3, 0.4) is 0 Å². The van der Waals surface area contributed by atoms with Gasteiger partial charge in [-0.1, -0.05) is 48.5 Å². The van der Waals surface area contributed by atoms with Crippen LogP contribution in [0.2, 0.25) is 0 Å². The van der Waals surface area contributed by atoms with Crippen molar-refractivity contribution in [2.45, 2.75) is 32.8 Å². The van der Waals surface area contributed by atoms with Crippen LogP contribution in [0.25, 0.3) is 0 Å². The van der Waals surface area contributed by atoms with Crippen molar-refractivity contribution in [2.75, 3.05) is 6.61 Å². The van der Waals surface area contributed by atoms with Crippen molar-refractivity contribution in [3.8, 4) is 5.75 Å². The number of hydrogen-bond donors (Lipinski definition) is 0. The predicted octanol–water partition coefficient (Wildman–Crippen LogP) is 5.68. The van der Waals surface area contributed by atoms with E-state index in [0.29, 0.717) is 18.1 Å². The maximum atomic E-state index is 11.8. The molecule has 0 bridgehead atoms. The molecule has 0 aliphatic carbocycles. The number of para-hydroxylation sites is 1. The van der Waals surface area contributed by atoms with Gasteiger partial charge in [-0.15, -0.1) is 11.3 Å². The van der Waals surface area contributed by atoms with Gasteiger partial charge in [0.25, 0.3) is 0 Å². The molecular weight excluding hydrogens is 356 g/mol. The molecule has 27 heavy (non-hydrogen) atoms. The first-order valence-electron chi connectivity index (χ1n) is 9.26. The number of carbonyl (C=O) groups excluding carboxylic acids is 1. The fraction of sp³-hybridized carbons (Fsp3) is 0.261. The van der Waals surface area contributed by atoms with E-state index in [0.717, 1.165) is 30.6 Å². The van der Waals surface area contributed by atoms with Crippen molar-refractivity contribution in [3.05, 3.63) is 87.6 Å². The zero-order valence-corrected chi connectivity index (χ0v) is 16.3. The van der Waals surface area contributed by atoms with E-state index in [4.69, 9.17) is 9.47 Å². The Kier molecular flexibility index (Phi) is 7.05. The monoisotopic (exact) mass is 380 g/mol. The smallest absolute Gasteiger partial charge is 0.348 e. The van der Waals surface area contributed by atoms with Crippen LogP contribution in [0.4, 0.5) is 0 Å².